The molecule has 0 saturated carbocycles. The predicted molar refractivity (Wildman–Crippen MR) is 66.5 cm³/mol. The van der Waals surface area contributed by atoms with E-state index in [-0.39, 0.29) is 21.1 Å². The molecule has 10 heteroatoms. The zero-order chi connectivity index (χ0) is 18.3. The molecule has 0 aliphatic carbocycles. The molecule has 0 saturated heterocycles. The largest absolute Gasteiger partial charge is 0 e. The van der Waals surface area contributed by atoms with Crippen molar-refractivity contribution in [2.75, 3.05) is 42.3 Å². The Hall–Kier alpha value is -0.173. The van der Waals surface area contributed by atoms with Gasteiger partial charge in [0.1, 0.15) is 0 Å². The number of hydrogen-bond acceptors (Lipinski definition) is 3. The summed E-state index contributed by atoms with van der Waals surface area (Å²) in [6.45, 7) is 22.5. The van der Waals surface area contributed by atoms with Gasteiger partial charge in [0.15, 0.2) is 0 Å². The van der Waals surface area contributed by atoms with E-state index in [0.717, 1.165) is 0 Å². The van der Waals surface area contributed by atoms with Crippen LogP contribution in [0.3, 0.4) is 0 Å². The molecule has 0 atom stereocenters. The molecule has 0 radical (unpaired) electrons. The Morgan fingerprint density at radius 1 is 0.476 bits per heavy atom. The van der Waals surface area contributed by atoms with Crippen LogP contribution in [-0.2, 0) is 44.3 Å². The van der Waals surface area contributed by atoms with Crippen LogP contribution in [-0.4, -0.2) is 69.1 Å². The first-order chi connectivity index (χ1) is 9.46. The van der Waals surface area contributed by atoms with Crippen LogP contribution in [0, 0.1) is 33.3 Å². The van der Waals surface area contributed by atoms with Crippen LogP contribution in [0.15, 0.2) is 0 Å². The summed E-state index contributed by atoms with van der Waals surface area (Å²) in [5.41, 5.74) is 0. The van der Waals surface area contributed by atoms with Crippen molar-refractivity contribution in [1.29, 1.82) is 0 Å². The predicted octanol–water partition coefficient (Wildman–Crippen LogP) is -0.534. The second-order valence-electron chi connectivity index (χ2n) is 2.81. The molecule has 0 unspecified atom stereocenters. The van der Waals surface area contributed by atoms with Gasteiger partial charge in [0, 0.05) is 21.1 Å². The minimum absolute atomic E-state index is 0. The normalized spacial score (nSPS) is 6.48. The number of hydrogen-bond donors (Lipinski definition) is 0. The van der Waals surface area contributed by atoms with Crippen LogP contribution >= 0.6 is 0 Å². The smallest absolute Gasteiger partial charge is 0 e. The van der Waals surface area contributed by atoms with Crippen LogP contribution in [0.5, 0.6) is 0 Å². The second-order valence-corrected chi connectivity index (χ2v) is 8.97. The molecule has 0 N–H and O–H groups in total. The summed E-state index contributed by atoms with van der Waals surface area (Å²) >= 11 is -1.02. The van der Waals surface area contributed by atoms with Gasteiger partial charge in [-0.1, -0.05) is 0 Å². The van der Waals surface area contributed by atoms with Crippen molar-refractivity contribution >= 4 is 15.3 Å². The maximum Gasteiger partial charge on any atom is 0 e. The van der Waals surface area contributed by atoms with E-state index in [0.29, 0.717) is 0 Å². The Morgan fingerprint density at radius 3 is 0.571 bits per heavy atom. The van der Waals surface area contributed by atoms with Gasteiger partial charge >= 0.3 is 126 Å². The minimum Gasteiger partial charge on any atom is 0 e. The first-order valence-electron chi connectivity index (χ1n) is 4.30. The van der Waals surface area contributed by atoms with E-state index in [1.807, 2.05) is 0 Å². The summed E-state index contributed by atoms with van der Waals surface area (Å²) in [6.07, 6.45) is 0. The Bertz CT molecular complexity index is 211. The third-order valence-corrected chi connectivity index (χ3v) is 5.58. The maximum atomic E-state index is 7.50. The summed E-state index contributed by atoms with van der Waals surface area (Å²) in [6, 6.07) is 0. The van der Waals surface area contributed by atoms with Crippen molar-refractivity contribution in [1.82, 2.24) is 11.5 Å². The topological polar surface area (TPSA) is 109 Å². The SMILES string of the molecule is CN(C)[As](N(C)C)N(C)C.[C-]#[O+].[C-]#[O+].[C-]#[O+].[C-]#[O+].[C-]#[O+].[W]. The van der Waals surface area contributed by atoms with E-state index in [2.05, 4.69) is 87.0 Å². The molecule has 0 aromatic rings. The molecular formula is C11H18AsN3O5W. The molecule has 0 aromatic carbocycles. The quantitative estimate of drug-likeness (QED) is 0.278. The first-order valence-corrected chi connectivity index (χ1v) is 6.82. The zero-order valence-corrected chi connectivity index (χ0v) is 17.5. The summed E-state index contributed by atoms with van der Waals surface area (Å²) in [7, 11) is 12.8. The van der Waals surface area contributed by atoms with E-state index in [9.17, 15) is 0 Å². The van der Waals surface area contributed by atoms with Crippen molar-refractivity contribution in [2.45, 2.75) is 0 Å². The molecule has 0 aromatic heterocycles. The van der Waals surface area contributed by atoms with E-state index in [1.165, 1.54) is 0 Å². The molecule has 118 valence electrons. The van der Waals surface area contributed by atoms with Gasteiger partial charge in [0.05, 0.1) is 0 Å². The van der Waals surface area contributed by atoms with Gasteiger partial charge in [-0.2, -0.15) is 0 Å². The third-order valence-electron chi connectivity index (χ3n) is 1.07. The van der Waals surface area contributed by atoms with Gasteiger partial charge in [0.2, 0.25) is 0 Å². The number of nitrogens with zero attached hydrogens (tertiary/aromatic N) is 3. The average Bonchev–Trinajstić information content (AvgIpc) is 2.48. The van der Waals surface area contributed by atoms with Gasteiger partial charge < -0.3 is 0 Å². The summed E-state index contributed by atoms with van der Waals surface area (Å²) < 4.78 is 44.4. The van der Waals surface area contributed by atoms with Crippen molar-refractivity contribution in [2.24, 2.45) is 0 Å². The van der Waals surface area contributed by atoms with E-state index in [4.69, 9.17) is 23.3 Å². The molecule has 0 aliphatic heterocycles. The zero-order valence-electron chi connectivity index (χ0n) is 12.7. The van der Waals surface area contributed by atoms with Crippen molar-refractivity contribution in [3.05, 3.63) is 33.3 Å². The van der Waals surface area contributed by atoms with Crippen molar-refractivity contribution < 1.29 is 44.3 Å². The Morgan fingerprint density at radius 2 is 0.571 bits per heavy atom. The average molecular weight is 531 g/mol. The van der Waals surface area contributed by atoms with Gasteiger partial charge in [0.25, 0.3) is 0 Å². The van der Waals surface area contributed by atoms with Crippen molar-refractivity contribution in [3.63, 3.8) is 0 Å². The van der Waals surface area contributed by atoms with Gasteiger partial charge in [-0.25, -0.2) is 0 Å². The van der Waals surface area contributed by atoms with Gasteiger partial charge in [-0.3, -0.25) is 0 Å². The summed E-state index contributed by atoms with van der Waals surface area (Å²) in [4.78, 5) is 0. The molecule has 0 fully saturated rings. The van der Waals surface area contributed by atoms with Crippen LogP contribution in [0.4, 0.5) is 0 Å². The monoisotopic (exact) mass is 531 g/mol. The van der Waals surface area contributed by atoms with Gasteiger partial charge in [-0.15, -0.1) is 0 Å². The Labute approximate surface area is 146 Å². The summed E-state index contributed by atoms with van der Waals surface area (Å²) in [5.74, 6) is 0. The van der Waals surface area contributed by atoms with Crippen molar-refractivity contribution in [3.8, 4) is 0 Å². The molecule has 0 spiro atoms. The van der Waals surface area contributed by atoms with E-state index in [1.54, 1.807) is 0 Å². The summed E-state index contributed by atoms with van der Waals surface area (Å²) in [5, 5.41) is 0. The Balaban J connectivity index is -0.0000000303. The fraction of sp³-hybridized carbons (Fsp3) is 0.545. The third kappa shape index (κ3) is 45.0. The molecule has 0 rings (SSSR count). The molecule has 0 heterocycles. The van der Waals surface area contributed by atoms with Crippen LogP contribution < -0.4 is 0 Å². The molecular weight excluding hydrogens is 513 g/mol. The van der Waals surface area contributed by atoms with E-state index < -0.39 is 15.3 Å². The number of rotatable bonds is 3. The fourth-order valence-electron chi connectivity index (χ4n) is 1.07. The van der Waals surface area contributed by atoms with E-state index >= 15 is 0 Å². The molecule has 8 nitrogen and oxygen atoms in total. The minimum atomic E-state index is -1.02. The standard InChI is InChI=1S/C6H18AsN3.5CO.W/c1-8(2)7(9(3)4)10(5)6;5*1-2;/h1-6H3;;;;;;. The van der Waals surface area contributed by atoms with Gasteiger partial charge in [-0.05, 0) is 0 Å². The molecule has 21 heavy (non-hydrogen) atoms. The fourth-order valence-corrected chi connectivity index (χ4v) is 5.58. The Kier molecular flexibility index (Phi) is 102. The second kappa shape index (κ2) is 50.2. The maximum absolute atomic E-state index is 7.50. The molecule has 0 bridgehead atoms. The first kappa shape index (κ1) is 42.8. The van der Waals surface area contributed by atoms with Crippen LogP contribution in [0.1, 0.15) is 0 Å². The molecule has 0 amide bonds. The van der Waals surface area contributed by atoms with Crippen LogP contribution in [0.2, 0.25) is 0 Å². The van der Waals surface area contributed by atoms with Crippen LogP contribution in [0.25, 0.3) is 0 Å². The molecule has 0 aliphatic rings.